The average Bonchev–Trinajstić information content (AvgIpc) is 3.19. The normalized spacial score (nSPS) is 20.4. The van der Waals surface area contributed by atoms with Crippen LogP contribution in [0.3, 0.4) is 0 Å². The maximum atomic E-state index is 12.9. The van der Waals surface area contributed by atoms with Crippen molar-refractivity contribution in [2.45, 2.75) is 31.7 Å². The Morgan fingerprint density at radius 2 is 2.13 bits per heavy atom. The summed E-state index contributed by atoms with van der Waals surface area (Å²) in [6, 6.07) is 6.19. The summed E-state index contributed by atoms with van der Waals surface area (Å²) in [6.45, 7) is 0. The first-order valence-corrected chi connectivity index (χ1v) is 7.71. The van der Waals surface area contributed by atoms with Crippen LogP contribution in [0.2, 0.25) is 0 Å². The van der Waals surface area contributed by atoms with E-state index in [1.54, 1.807) is 19.2 Å². The first-order valence-electron chi connectivity index (χ1n) is 7.71. The van der Waals surface area contributed by atoms with Crippen molar-refractivity contribution in [2.75, 3.05) is 12.4 Å². The topological polar surface area (TPSA) is 80.0 Å². The fourth-order valence-electron chi connectivity index (χ4n) is 2.96. The first-order chi connectivity index (χ1) is 11.2. The molecular weight excluding hydrogens is 299 g/mol. The van der Waals surface area contributed by atoms with E-state index < -0.39 is 0 Å². The number of carbonyl (C=O) groups is 1. The van der Waals surface area contributed by atoms with Crippen LogP contribution in [0.4, 0.5) is 10.3 Å². The molecule has 6 nitrogen and oxygen atoms in total. The van der Waals surface area contributed by atoms with Crippen molar-refractivity contribution in [1.82, 2.24) is 15.5 Å². The van der Waals surface area contributed by atoms with E-state index in [1.165, 1.54) is 12.1 Å². The van der Waals surface area contributed by atoms with Gasteiger partial charge in [0.15, 0.2) is 0 Å². The van der Waals surface area contributed by atoms with Gasteiger partial charge in [0.05, 0.1) is 12.3 Å². The first kappa shape index (κ1) is 15.5. The van der Waals surface area contributed by atoms with Crippen molar-refractivity contribution in [3.8, 4) is 0 Å². The Labute approximate surface area is 133 Å². The molecule has 1 fully saturated rings. The predicted octanol–water partition coefficient (Wildman–Crippen LogP) is 2.13. The molecule has 2 N–H and O–H groups in total. The highest BCUT2D eigenvalue weighted by atomic mass is 19.1. The SMILES string of the molecule is CNC(=O)[C@@H]1CCC[C@@H]1Nc1noc(Cc2ccc(F)cc2)n1. The minimum absolute atomic E-state index is 0.0196. The molecule has 0 unspecified atom stereocenters. The molecule has 0 bridgehead atoms. The van der Waals surface area contributed by atoms with E-state index in [1.807, 2.05) is 0 Å². The van der Waals surface area contributed by atoms with Crippen LogP contribution in [0.1, 0.15) is 30.7 Å². The molecule has 1 saturated carbocycles. The Hall–Kier alpha value is -2.44. The van der Waals surface area contributed by atoms with Gasteiger partial charge in [-0.3, -0.25) is 4.79 Å². The lowest BCUT2D eigenvalue weighted by Gasteiger charge is -2.18. The van der Waals surface area contributed by atoms with Crippen LogP contribution in [-0.2, 0) is 11.2 Å². The van der Waals surface area contributed by atoms with Crippen LogP contribution in [0.25, 0.3) is 0 Å². The Balaban J connectivity index is 1.63. The van der Waals surface area contributed by atoms with E-state index in [0.29, 0.717) is 18.3 Å². The van der Waals surface area contributed by atoms with E-state index in [0.717, 1.165) is 24.8 Å². The van der Waals surface area contributed by atoms with Gasteiger partial charge in [-0.25, -0.2) is 4.39 Å². The van der Waals surface area contributed by atoms with Crippen LogP contribution in [-0.4, -0.2) is 29.1 Å². The maximum absolute atomic E-state index is 12.9. The van der Waals surface area contributed by atoms with Crippen molar-refractivity contribution >= 4 is 11.9 Å². The molecule has 1 aromatic heterocycles. The monoisotopic (exact) mass is 318 g/mol. The highest BCUT2D eigenvalue weighted by Gasteiger charge is 2.33. The van der Waals surface area contributed by atoms with Gasteiger partial charge in [-0.05, 0) is 35.7 Å². The van der Waals surface area contributed by atoms with Gasteiger partial charge >= 0.3 is 0 Å². The molecule has 1 heterocycles. The molecule has 0 spiro atoms. The standard InChI is InChI=1S/C16H19FN4O2/c1-18-15(22)12-3-2-4-13(12)19-16-20-14(23-21-16)9-10-5-7-11(17)8-6-10/h5-8,12-13H,2-4,9H2,1H3,(H,18,22)(H,19,21)/t12-,13+/m1/s1. The van der Waals surface area contributed by atoms with Gasteiger partial charge in [0.1, 0.15) is 5.82 Å². The summed E-state index contributed by atoms with van der Waals surface area (Å²) < 4.78 is 18.1. The van der Waals surface area contributed by atoms with E-state index in [2.05, 4.69) is 20.8 Å². The second-order valence-corrected chi connectivity index (χ2v) is 5.72. The minimum Gasteiger partial charge on any atom is -0.359 e. The lowest BCUT2D eigenvalue weighted by Crippen LogP contribution is -2.36. The second kappa shape index (κ2) is 6.76. The van der Waals surface area contributed by atoms with Gasteiger partial charge in [0, 0.05) is 13.1 Å². The predicted molar refractivity (Wildman–Crippen MR) is 82.3 cm³/mol. The number of hydrogen-bond donors (Lipinski definition) is 2. The summed E-state index contributed by atoms with van der Waals surface area (Å²) >= 11 is 0. The Morgan fingerprint density at radius 1 is 1.35 bits per heavy atom. The van der Waals surface area contributed by atoms with Crippen LogP contribution >= 0.6 is 0 Å². The number of aromatic nitrogens is 2. The summed E-state index contributed by atoms with van der Waals surface area (Å²) in [5.74, 6) is 0.536. The number of halogens is 1. The van der Waals surface area contributed by atoms with Gasteiger partial charge in [0.25, 0.3) is 5.95 Å². The highest BCUT2D eigenvalue weighted by molar-refractivity contribution is 5.79. The second-order valence-electron chi connectivity index (χ2n) is 5.72. The molecule has 23 heavy (non-hydrogen) atoms. The van der Waals surface area contributed by atoms with E-state index in [4.69, 9.17) is 4.52 Å². The summed E-state index contributed by atoms with van der Waals surface area (Å²) in [7, 11) is 1.65. The average molecular weight is 318 g/mol. The molecule has 1 aliphatic carbocycles. The van der Waals surface area contributed by atoms with Gasteiger partial charge < -0.3 is 15.2 Å². The van der Waals surface area contributed by atoms with Crippen LogP contribution in [0.5, 0.6) is 0 Å². The molecular formula is C16H19FN4O2. The molecule has 2 aromatic rings. The quantitative estimate of drug-likeness (QED) is 0.883. The fraction of sp³-hybridized carbons (Fsp3) is 0.438. The number of benzene rings is 1. The molecule has 0 radical (unpaired) electrons. The van der Waals surface area contributed by atoms with Crippen molar-refractivity contribution in [3.05, 3.63) is 41.5 Å². The number of rotatable bonds is 5. The zero-order chi connectivity index (χ0) is 16.2. The molecule has 0 saturated heterocycles. The van der Waals surface area contributed by atoms with Gasteiger partial charge in [0.2, 0.25) is 11.8 Å². The third-order valence-corrected chi connectivity index (χ3v) is 4.15. The largest absolute Gasteiger partial charge is 0.359 e. The Morgan fingerprint density at radius 3 is 2.87 bits per heavy atom. The third-order valence-electron chi connectivity index (χ3n) is 4.15. The number of nitrogens with one attached hydrogen (secondary N) is 2. The summed E-state index contributed by atoms with van der Waals surface area (Å²) in [4.78, 5) is 16.1. The molecule has 1 aliphatic rings. The maximum Gasteiger partial charge on any atom is 0.263 e. The molecule has 122 valence electrons. The number of amides is 1. The van der Waals surface area contributed by atoms with Gasteiger partial charge in [-0.2, -0.15) is 4.98 Å². The molecule has 1 aromatic carbocycles. The third kappa shape index (κ3) is 3.67. The number of carbonyl (C=O) groups excluding carboxylic acids is 1. The van der Waals surface area contributed by atoms with Crippen LogP contribution < -0.4 is 10.6 Å². The number of hydrogen-bond acceptors (Lipinski definition) is 5. The fourth-order valence-corrected chi connectivity index (χ4v) is 2.96. The summed E-state index contributed by atoms with van der Waals surface area (Å²) in [5, 5.41) is 9.79. The number of anilines is 1. The zero-order valence-corrected chi connectivity index (χ0v) is 12.9. The summed E-state index contributed by atoms with van der Waals surface area (Å²) in [6.07, 6.45) is 3.20. The van der Waals surface area contributed by atoms with Crippen LogP contribution in [0, 0.1) is 11.7 Å². The van der Waals surface area contributed by atoms with Crippen molar-refractivity contribution in [1.29, 1.82) is 0 Å². The van der Waals surface area contributed by atoms with Crippen LogP contribution in [0.15, 0.2) is 28.8 Å². The van der Waals surface area contributed by atoms with Crippen molar-refractivity contribution in [2.24, 2.45) is 5.92 Å². The molecule has 7 heteroatoms. The number of nitrogens with zero attached hydrogens (tertiary/aromatic N) is 2. The summed E-state index contributed by atoms with van der Waals surface area (Å²) in [5.41, 5.74) is 0.894. The van der Waals surface area contributed by atoms with Gasteiger partial charge in [-0.15, -0.1) is 0 Å². The van der Waals surface area contributed by atoms with Crippen molar-refractivity contribution in [3.63, 3.8) is 0 Å². The van der Waals surface area contributed by atoms with E-state index >= 15 is 0 Å². The smallest absolute Gasteiger partial charge is 0.263 e. The molecule has 2 atom stereocenters. The lowest BCUT2D eigenvalue weighted by molar-refractivity contribution is -0.124. The zero-order valence-electron chi connectivity index (χ0n) is 12.9. The minimum atomic E-state index is -0.275. The Kier molecular flexibility index (Phi) is 4.55. The molecule has 0 aliphatic heterocycles. The Bertz CT molecular complexity index is 671. The van der Waals surface area contributed by atoms with E-state index in [9.17, 15) is 9.18 Å². The van der Waals surface area contributed by atoms with Crippen molar-refractivity contribution < 1.29 is 13.7 Å². The highest BCUT2D eigenvalue weighted by Crippen LogP contribution is 2.28. The van der Waals surface area contributed by atoms with E-state index in [-0.39, 0.29) is 23.7 Å². The molecule has 1 amide bonds. The van der Waals surface area contributed by atoms with Gasteiger partial charge in [-0.1, -0.05) is 18.6 Å². The lowest BCUT2D eigenvalue weighted by atomic mass is 10.0. The molecule has 3 rings (SSSR count).